The molecule has 0 saturated carbocycles. The van der Waals surface area contributed by atoms with Crippen molar-refractivity contribution in [3.8, 4) is 23.0 Å². The number of carbonyl (C=O) groups is 1. The van der Waals surface area contributed by atoms with E-state index in [9.17, 15) is 13.2 Å². The Labute approximate surface area is 212 Å². The van der Waals surface area contributed by atoms with Gasteiger partial charge in [0.15, 0.2) is 10.9 Å². The first kappa shape index (κ1) is 25.5. The molecule has 4 aromatic rings. The average molecular weight is 528 g/mol. The molecule has 1 amide bonds. The van der Waals surface area contributed by atoms with Crippen molar-refractivity contribution in [1.29, 1.82) is 0 Å². The van der Waals surface area contributed by atoms with Crippen LogP contribution in [-0.4, -0.2) is 48.0 Å². The number of ether oxygens (including phenoxy) is 1. The summed E-state index contributed by atoms with van der Waals surface area (Å²) in [5, 5.41) is 17.1. The maximum absolute atomic E-state index is 12.5. The molecule has 0 aliphatic heterocycles. The third-order valence-corrected chi connectivity index (χ3v) is 6.96. The zero-order valence-corrected chi connectivity index (χ0v) is 21.1. The van der Waals surface area contributed by atoms with E-state index in [2.05, 4.69) is 15.5 Å². The number of aromatic nitrogens is 3. The van der Waals surface area contributed by atoms with Crippen molar-refractivity contribution in [3.63, 3.8) is 0 Å². The molecule has 2 heterocycles. The van der Waals surface area contributed by atoms with Crippen LogP contribution in [0.4, 0.5) is 0 Å². The Morgan fingerprint density at radius 3 is 2.50 bits per heavy atom. The quantitative estimate of drug-likeness (QED) is 0.284. The third kappa shape index (κ3) is 6.33. The van der Waals surface area contributed by atoms with Crippen LogP contribution in [0.2, 0.25) is 0 Å². The van der Waals surface area contributed by atoms with Gasteiger partial charge in [0.05, 0.1) is 29.2 Å². The normalized spacial score (nSPS) is 11.4. The van der Waals surface area contributed by atoms with Gasteiger partial charge in [0.1, 0.15) is 5.75 Å². The summed E-state index contributed by atoms with van der Waals surface area (Å²) in [5.74, 6) is 1.80. The molecule has 10 nitrogen and oxygen atoms in total. The molecule has 2 aromatic heterocycles. The molecule has 0 saturated heterocycles. The second kappa shape index (κ2) is 11.4. The number of rotatable bonds is 11. The molecule has 188 valence electrons. The van der Waals surface area contributed by atoms with Crippen LogP contribution in [0.5, 0.6) is 5.75 Å². The Morgan fingerprint density at radius 2 is 1.86 bits per heavy atom. The SMILES string of the molecule is CCOc1ccc(-n2c(SCC(=O)NCCc3ccc(S(N)(=O)=O)cc3)nnc2-c2ccco2)cc1. The number of primary sulfonamides is 1. The summed E-state index contributed by atoms with van der Waals surface area (Å²) < 4.78 is 35.6. The van der Waals surface area contributed by atoms with Gasteiger partial charge < -0.3 is 14.5 Å². The molecule has 0 atom stereocenters. The van der Waals surface area contributed by atoms with Gasteiger partial charge in [-0.25, -0.2) is 13.6 Å². The number of nitrogens with two attached hydrogens (primary N) is 1. The standard InChI is InChI=1S/C24H25N5O5S2/c1-2-33-19-9-7-18(8-10-19)29-23(21-4-3-15-34-21)27-28-24(29)35-16-22(30)26-14-13-17-5-11-20(12-6-17)36(25,31)32/h3-12,15H,2,13-14,16H2,1H3,(H,26,30)(H2,25,31,32). The molecule has 0 aliphatic carbocycles. The third-order valence-electron chi connectivity index (χ3n) is 5.10. The van der Waals surface area contributed by atoms with Gasteiger partial charge in [-0.3, -0.25) is 9.36 Å². The molecule has 12 heteroatoms. The van der Waals surface area contributed by atoms with E-state index >= 15 is 0 Å². The number of carbonyl (C=O) groups excluding carboxylic acids is 1. The van der Waals surface area contributed by atoms with E-state index in [4.69, 9.17) is 14.3 Å². The first-order valence-corrected chi connectivity index (χ1v) is 13.6. The minimum atomic E-state index is -3.73. The fourth-order valence-electron chi connectivity index (χ4n) is 3.39. The number of thioether (sulfide) groups is 1. The Bertz CT molecular complexity index is 1400. The number of hydrogen-bond donors (Lipinski definition) is 2. The fourth-order valence-corrected chi connectivity index (χ4v) is 4.69. The van der Waals surface area contributed by atoms with Crippen LogP contribution in [0.25, 0.3) is 17.3 Å². The summed E-state index contributed by atoms with van der Waals surface area (Å²) in [7, 11) is -3.73. The second-order valence-electron chi connectivity index (χ2n) is 7.62. The molecule has 0 radical (unpaired) electrons. The zero-order chi connectivity index (χ0) is 25.5. The van der Waals surface area contributed by atoms with Crippen LogP contribution in [0.3, 0.4) is 0 Å². The summed E-state index contributed by atoms with van der Waals surface area (Å²) >= 11 is 1.26. The highest BCUT2D eigenvalue weighted by atomic mass is 32.2. The van der Waals surface area contributed by atoms with Crippen molar-refractivity contribution in [2.45, 2.75) is 23.4 Å². The van der Waals surface area contributed by atoms with Gasteiger partial charge in [-0.2, -0.15) is 0 Å². The number of benzene rings is 2. The van der Waals surface area contributed by atoms with Crippen molar-refractivity contribution in [3.05, 3.63) is 72.5 Å². The van der Waals surface area contributed by atoms with Gasteiger partial charge in [0.2, 0.25) is 21.8 Å². The minimum absolute atomic E-state index is 0.0530. The van der Waals surface area contributed by atoms with E-state index in [0.717, 1.165) is 17.0 Å². The summed E-state index contributed by atoms with van der Waals surface area (Å²) in [6.45, 7) is 2.89. The average Bonchev–Trinajstić information content (AvgIpc) is 3.53. The number of sulfonamides is 1. The van der Waals surface area contributed by atoms with E-state index in [1.165, 1.54) is 23.9 Å². The zero-order valence-electron chi connectivity index (χ0n) is 19.5. The van der Waals surface area contributed by atoms with Crippen LogP contribution in [0.15, 0.2) is 81.4 Å². The molecule has 0 unspecified atom stereocenters. The molecule has 0 aliphatic rings. The lowest BCUT2D eigenvalue weighted by atomic mass is 10.1. The maximum atomic E-state index is 12.5. The Morgan fingerprint density at radius 1 is 1.11 bits per heavy atom. The monoisotopic (exact) mass is 527 g/mol. The summed E-state index contributed by atoms with van der Waals surface area (Å²) in [5.41, 5.74) is 1.69. The second-order valence-corrected chi connectivity index (χ2v) is 10.1. The summed E-state index contributed by atoms with van der Waals surface area (Å²) in [6.07, 6.45) is 2.11. The Balaban J connectivity index is 1.40. The molecule has 3 N–H and O–H groups in total. The van der Waals surface area contributed by atoms with Gasteiger partial charge in [0.25, 0.3) is 0 Å². The molecule has 36 heavy (non-hydrogen) atoms. The Hall–Kier alpha value is -3.61. The van der Waals surface area contributed by atoms with Gasteiger partial charge in [-0.15, -0.1) is 10.2 Å². The largest absolute Gasteiger partial charge is 0.494 e. The lowest BCUT2D eigenvalue weighted by Gasteiger charge is -2.11. The van der Waals surface area contributed by atoms with Gasteiger partial charge >= 0.3 is 0 Å². The smallest absolute Gasteiger partial charge is 0.238 e. The number of nitrogens with one attached hydrogen (secondary N) is 1. The highest BCUT2D eigenvalue weighted by molar-refractivity contribution is 7.99. The summed E-state index contributed by atoms with van der Waals surface area (Å²) in [4.78, 5) is 12.5. The van der Waals surface area contributed by atoms with Gasteiger partial charge in [-0.05, 0) is 67.4 Å². The van der Waals surface area contributed by atoms with E-state index < -0.39 is 10.0 Å². The fraction of sp³-hybridized carbons (Fsp3) is 0.208. The van der Waals surface area contributed by atoms with Crippen molar-refractivity contribution >= 4 is 27.7 Å². The van der Waals surface area contributed by atoms with Gasteiger partial charge in [0, 0.05) is 6.54 Å². The van der Waals surface area contributed by atoms with E-state index in [1.807, 2.05) is 35.8 Å². The Kier molecular flexibility index (Phi) is 8.08. The minimum Gasteiger partial charge on any atom is -0.494 e. The van der Waals surface area contributed by atoms with E-state index in [1.54, 1.807) is 30.5 Å². The van der Waals surface area contributed by atoms with Crippen molar-refractivity contribution in [2.75, 3.05) is 18.9 Å². The highest BCUT2D eigenvalue weighted by Gasteiger charge is 2.19. The number of hydrogen-bond acceptors (Lipinski definition) is 8. The predicted molar refractivity (Wildman–Crippen MR) is 135 cm³/mol. The predicted octanol–water partition coefficient (Wildman–Crippen LogP) is 3.02. The molecule has 2 aromatic carbocycles. The number of furan rings is 1. The van der Waals surface area contributed by atoms with Crippen LogP contribution in [-0.2, 0) is 21.2 Å². The van der Waals surface area contributed by atoms with E-state index in [0.29, 0.717) is 36.3 Å². The molecule has 0 spiro atoms. The molecular formula is C24H25N5O5S2. The molecular weight excluding hydrogens is 502 g/mol. The topological polar surface area (TPSA) is 142 Å². The summed E-state index contributed by atoms with van der Waals surface area (Å²) in [6, 6.07) is 17.3. The number of nitrogens with zero attached hydrogens (tertiary/aromatic N) is 3. The van der Waals surface area contributed by atoms with Crippen molar-refractivity contribution < 1.29 is 22.4 Å². The van der Waals surface area contributed by atoms with Crippen molar-refractivity contribution in [2.24, 2.45) is 5.14 Å². The molecule has 0 bridgehead atoms. The lowest BCUT2D eigenvalue weighted by molar-refractivity contribution is -0.118. The first-order valence-electron chi connectivity index (χ1n) is 11.1. The highest BCUT2D eigenvalue weighted by Crippen LogP contribution is 2.29. The van der Waals surface area contributed by atoms with Crippen LogP contribution in [0, 0.1) is 0 Å². The maximum Gasteiger partial charge on any atom is 0.238 e. The van der Waals surface area contributed by atoms with Crippen molar-refractivity contribution in [1.82, 2.24) is 20.1 Å². The first-order chi connectivity index (χ1) is 17.3. The lowest BCUT2D eigenvalue weighted by Crippen LogP contribution is -2.27. The molecule has 4 rings (SSSR count). The van der Waals surface area contributed by atoms with E-state index in [-0.39, 0.29) is 16.6 Å². The van der Waals surface area contributed by atoms with Crippen LogP contribution < -0.4 is 15.2 Å². The van der Waals surface area contributed by atoms with Crippen LogP contribution >= 0.6 is 11.8 Å². The van der Waals surface area contributed by atoms with Gasteiger partial charge in [-0.1, -0.05) is 23.9 Å². The molecule has 0 fully saturated rings. The number of amides is 1. The van der Waals surface area contributed by atoms with Crippen LogP contribution in [0.1, 0.15) is 12.5 Å².